The standard InChI is InChI=1S/C16H32N2O2/c1-5-18(15(19)20-16(2,3)4)13-9-12-17-14-10-7-6-8-11-14/h14,17H,5-13H2,1-4H3. The van der Waals surface area contributed by atoms with Crippen LogP contribution in [0.2, 0.25) is 0 Å². The van der Waals surface area contributed by atoms with Gasteiger partial charge in [-0.2, -0.15) is 0 Å². The van der Waals surface area contributed by atoms with Crippen molar-refractivity contribution in [2.24, 2.45) is 0 Å². The Hall–Kier alpha value is -0.770. The van der Waals surface area contributed by atoms with Gasteiger partial charge in [-0.05, 0) is 53.5 Å². The molecule has 4 nitrogen and oxygen atoms in total. The molecule has 0 unspecified atom stereocenters. The highest BCUT2D eigenvalue weighted by Gasteiger charge is 2.20. The Morgan fingerprint density at radius 3 is 2.45 bits per heavy atom. The first-order valence-corrected chi connectivity index (χ1v) is 8.13. The Morgan fingerprint density at radius 1 is 1.25 bits per heavy atom. The molecule has 0 aliphatic heterocycles. The lowest BCUT2D eigenvalue weighted by atomic mass is 9.95. The average Bonchev–Trinajstić information content (AvgIpc) is 2.38. The minimum Gasteiger partial charge on any atom is -0.444 e. The van der Waals surface area contributed by atoms with Crippen LogP contribution in [0.25, 0.3) is 0 Å². The van der Waals surface area contributed by atoms with Gasteiger partial charge in [0.05, 0.1) is 0 Å². The summed E-state index contributed by atoms with van der Waals surface area (Å²) in [7, 11) is 0. The molecule has 0 aromatic heterocycles. The molecular weight excluding hydrogens is 252 g/mol. The quantitative estimate of drug-likeness (QED) is 0.758. The molecule has 0 saturated heterocycles. The van der Waals surface area contributed by atoms with E-state index in [9.17, 15) is 4.79 Å². The minimum absolute atomic E-state index is 0.197. The summed E-state index contributed by atoms with van der Waals surface area (Å²) >= 11 is 0. The summed E-state index contributed by atoms with van der Waals surface area (Å²) in [4.78, 5) is 13.8. The molecule has 1 saturated carbocycles. The van der Waals surface area contributed by atoms with Crippen molar-refractivity contribution in [1.29, 1.82) is 0 Å². The van der Waals surface area contributed by atoms with Crippen molar-refractivity contribution in [3.63, 3.8) is 0 Å². The predicted molar refractivity (Wildman–Crippen MR) is 83.0 cm³/mol. The summed E-state index contributed by atoms with van der Waals surface area (Å²) in [6, 6.07) is 0.695. The van der Waals surface area contributed by atoms with Crippen LogP contribution in [0, 0.1) is 0 Å². The molecule has 1 rings (SSSR count). The van der Waals surface area contributed by atoms with Gasteiger partial charge in [-0.3, -0.25) is 0 Å². The van der Waals surface area contributed by atoms with Gasteiger partial charge in [-0.15, -0.1) is 0 Å². The minimum atomic E-state index is -0.412. The normalized spacial score (nSPS) is 17.0. The van der Waals surface area contributed by atoms with E-state index < -0.39 is 5.60 Å². The largest absolute Gasteiger partial charge is 0.444 e. The van der Waals surface area contributed by atoms with Crippen molar-refractivity contribution in [1.82, 2.24) is 10.2 Å². The van der Waals surface area contributed by atoms with Gasteiger partial charge in [0.25, 0.3) is 0 Å². The van der Waals surface area contributed by atoms with Crippen LogP contribution in [-0.4, -0.2) is 42.3 Å². The van der Waals surface area contributed by atoms with Crippen LogP contribution in [0.1, 0.15) is 66.2 Å². The van der Waals surface area contributed by atoms with Crippen LogP contribution in [0.15, 0.2) is 0 Å². The molecule has 1 N–H and O–H groups in total. The zero-order valence-corrected chi connectivity index (χ0v) is 13.7. The van der Waals surface area contributed by atoms with Gasteiger partial charge in [0.1, 0.15) is 5.60 Å². The molecule has 0 atom stereocenters. The van der Waals surface area contributed by atoms with Crippen LogP contribution < -0.4 is 5.32 Å². The third-order valence-corrected chi connectivity index (χ3v) is 3.68. The fourth-order valence-corrected chi connectivity index (χ4v) is 2.59. The maximum Gasteiger partial charge on any atom is 0.410 e. The SMILES string of the molecule is CCN(CCCNC1CCCCC1)C(=O)OC(C)(C)C. The summed E-state index contributed by atoms with van der Waals surface area (Å²) in [5.41, 5.74) is -0.412. The maximum absolute atomic E-state index is 12.0. The van der Waals surface area contributed by atoms with E-state index in [1.807, 2.05) is 27.7 Å². The lowest BCUT2D eigenvalue weighted by Gasteiger charge is -2.27. The van der Waals surface area contributed by atoms with Crippen molar-refractivity contribution in [3.05, 3.63) is 0 Å². The lowest BCUT2D eigenvalue weighted by molar-refractivity contribution is 0.0258. The fraction of sp³-hybridized carbons (Fsp3) is 0.938. The van der Waals surface area contributed by atoms with Crippen molar-refractivity contribution in [2.75, 3.05) is 19.6 Å². The lowest BCUT2D eigenvalue weighted by Crippen LogP contribution is -2.39. The van der Waals surface area contributed by atoms with Crippen LogP contribution >= 0.6 is 0 Å². The smallest absolute Gasteiger partial charge is 0.410 e. The highest BCUT2D eigenvalue weighted by Crippen LogP contribution is 2.17. The van der Waals surface area contributed by atoms with E-state index in [-0.39, 0.29) is 6.09 Å². The van der Waals surface area contributed by atoms with Crippen LogP contribution in [0.3, 0.4) is 0 Å². The number of hydrogen-bond donors (Lipinski definition) is 1. The molecule has 1 aliphatic carbocycles. The molecule has 0 aromatic carbocycles. The van der Waals surface area contributed by atoms with Crippen LogP contribution in [-0.2, 0) is 4.74 Å². The van der Waals surface area contributed by atoms with Gasteiger partial charge >= 0.3 is 6.09 Å². The second-order valence-corrected chi connectivity index (χ2v) is 6.70. The van der Waals surface area contributed by atoms with Crippen molar-refractivity contribution >= 4 is 6.09 Å². The molecule has 118 valence electrons. The zero-order valence-electron chi connectivity index (χ0n) is 13.7. The van der Waals surface area contributed by atoms with E-state index in [0.29, 0.717) is 12.6 Å². The second-order valence-electron chi connectivity index (χ2n) is 6.70. The monoisotopic (exact) mass is 284 g/mol. The maximum atomic E-state index is 12.0. The fourth-order valence-electron chi connectivity index (χ4n) is 2.59. The van der Waals surface area contributed by atoms with Gasteiger partial charge in [0.15, 0.2) is 0 Å². The Labute approximate surface area is 124 Å². The molecule has 0 aromatic rings. The molecule has 20 heavy (non-hydrogen) atoms. The molecule has 1 amide bonds. The van der Waals surface area contributed by atoms with Crippen molar-refractivity contribution in [2.45, 2.75) is 77.9 Å². The number of nitrogens with zero attached hydrogens (tertiary/aromatic N) is 1. The Kier molecular flexibility index (Phi) is 7.35. The number of carbonyl (C=O) groups is 1. The summed E-state index contributed by atoms with van der Waals surface area (Å²) in [5, 5.41) is 3.61. The van der Waals surface area contributed by atoms with Crippen molar-refractivity contribution in [3.8, 4) is 0 Å². The van der Waals surface area contributed by atoms with E-state index in [1.54, 1.807) is 4.90 Å². The summed E-state index contributed by atoms with van der Waals surface area (Å²) in [6.45, 7) is 10.2. The first-order valence-electron chi connectivity index (χ1n) is 8.13. The summed E-state index contributed by atoms with van der Waals surface area (Å²) in [5.74, 6) is 0. The molecule has 0 bridgehead atoms. The Balaban J connectivity index is 2.18. The van der Waals surface area contributed by atoms with Gasteiger partial charge in [-0.25, -0.2) is 4.79 Å². The molecule has 0 radical (unpaired) electrons. The van der Waals surface area contributed by atoms with Crippen molar-refractivity contribution < 1.29 is 9.53 Å². The van der Waals surface area contributed by atoms with Gasteiger partial charge < -0.3 is 15.0 Å². The van der Waals surface area contributed by atoms with E-state index in [0.717, 1.165) is 19.5 Å². The zero-order chi connectivity index (χ0) is 15.0. The number of rotatable bonds is 6. The number of amides is 1. The Morgan fingerprint density at radius 2 is 1.90 bits per heavy atom. The molecule has 1 aliphatic rings. The van der Waals surface area contributed by atoms with Gasteiger partial charge in [0, 0.05) is 19.1 Å². The first-order chi connectivity index (χ1) is 9.42. The third kappa shape index (κ3) is 7.13. The number of hydrogen-bond acceptors (Lipinski definition) is 3. The molecule has 0 spiro atoms. The number of carbonyl (C=O) groups excluding carboxylic acids is 1. The summed E-state index contributed by atoms with van der Waals surface area (Å²) in [6.07, 6.45) is 7.52. The van der Waals surface area contributed by atoms with E-state index >= 15 is 0 Å². The number of nitrogens with one attached hydrogen (secondary N) is 1. The van der Waals surface area contributed by atoms with E-state index in [4.69, 9.17) is 4.74 Å². The Bertz CT molecular complexity index is 281. The van der Waals surface area contributed by atoms with Crippen LogP contribution in [0.5, 0.6) is 0 Å². The molecule has 0 heterocycles. The summed E-state index contributed by atoms with van der Waals surface area (Å²) < 4.78 is 5.40. The molecular formula is C16H32N2O2. The van der Waals surface area contributed by atoms with E-state index in [2.05, 4.69) is 5.32 Å². The molecule has 1 fully saturated rings. The predicted octanol–water partition coefficient (Wildman–Crippen LogP) is 3.56. The first kappa shape index (κ1) is 17.3. The van der Waals surface area contributed by atoms with Gasteiger partial charge in [-0.1, -0.05) is 19.3 Å². The van der Waals surface area contributed by atoms with Crippen LogP contribution in [0.4, 0.5) is 4.79 Å². The number of ether oxygens (including phenoxy) is 1. The highest BCUT2D eigenvalue weighted by atomic mass is 16.6. The van der Waals surface area contributed by atoms with E-state index in [1.165, 1.54) is 32.1 Å². The average molecular weight is 284 g/mol. The third-order valence-electron chi connectivity index (χ3n) is 3.68. The molecule has 4 heteroatoms. The highest BCUT2D eigenvalue weighted by molar-refractivity contribution is 5.68. The topological polar surface area (TPSA) is 41.6 Å². The van der Waals surface area contributed by atoms with Gasteiger partial charge in [0.2, 0.25) is 0 Å². The second kappa shape index (κ2) is 8.50.